The Labute approximate surface area is 201 Å². The van der Waals surface area contributed by atoms with Gasteiger partial charge < -0.3 is 9.84 Å². The van der Waals surface area contributed by atoms with Gasteiger partial charge in [0.05, 0.1) is 30.2 Å². The van der Waals surface area contributed by atoms with Gasteiger partial charge in [0.25, 0.3) is 0 Å². The minimum Gasteiger partial charge on any atom is -0.494 e. The molecule has 0 radical (unpaired) electrons. The van der Waals surface area contributed by atoms with Gasteiger partial charge in [0.2, 0.25) is 11.8 Å². The number of imide groups is 1. The summed E-state index contributed by atoms with van der Waals surface area (Å²) >= 11 is 1.44. The van der Waals surface area contributed by atoms with Crippen molar-refractivity contribution in [2.75, 3.05) is 11.5 Å². The second-order valence-corrected chi connectivity index (χ2v) is 9.50. The van der Waals surface area contributed by atoms with Crippen LogP contribution >= 0.6 is 11.3 Å². The highest BCUT2D eigenvalue weighted by Crippen LogP contribution is 2.51. The molecule has 2 saturated heterocycles. The number of nitrogens with zero attached hydrogens (tertiary/aromatic N) is 1. The molecule has 0 saturated carbocycles. The smallest absolute Gasteiger partial charge is 0.325 e. The van der Waals surface area contributed by atoms with Gasteiger partial charge >= 0.3 is 5.97 Å². The van der Waals surface area contributed by atoms with Crippen molar-refractivity contribution in [1.29, 1.82) is 0 Å². The molecular weight excluding hydrogens is 452 g/mol. The number of hydrogen-bond acceptors (Lipinski definition) is 6. The molecule has 5 rings (SSSR count). The van der Waals surface area contributed by atoms with Gasteiger partial charge in [0.15, 0.2) is 0 Å². The fourth-order valence-corrected chi connectivity index (χ4v) is 6.00. The second kappa shape index (κ2) is 8.70. The molecule has 0 spiro atoms. The van der Waals surface area contributed by atoms with E-state index in [0.717, 1.165) is 15.3 Å². The number of thiophene rings is 1. The minimum atomic E-state index is -1.62. The summed E-state index contributed by atoms with van der Waals surface area (Å²) in [7, 11) is 0. The highest BCUT2D eigenvalue weighted by molar-refractivity contribution is 7.10. The zero-order chi connectivity index (χ0) is 23.9. The number of amides is 2. The predicted molar refractivity (Wildman–Crippen MR) is 128 cm³/mol. The summed E-state index contributed by atoms with van der Waals surface area (Å²) in [6.07, 6.45) is 0.0857. The minimum absolute atomic E-state index is 0.0857. The van der Waals surface area contributed by atoms with Crippen LogP contribution in [0.25, 0.3) is 0 Å². The SMILES string of the molecule is CCOc1ccc(N2C(=O)C3C(c4cccs4)NC(Cc4ccccc4)(C(=O)O)C3C2=O)cc1. The van der Waals surface area contributed by atoms with E-state index in [0.29, 0.717) is 18.0 Å². The van der Waals surface area contributed by atoms with Gasteiger partial charge in [-0.05, 0) is 48.2 Å². The number of carbonyl (C=O) groups excluding carboxylic acids is 2. The molecule has 3 heterocycles. The maximum Gasteiger partial charge on any atom is 0.325 e. The molecular formula is C26H24N2O5S. The first kappa shape index (κ1) is 22.3. The second-order valence-electron chi connectivity index (χ2n) is 8.52. The summed E-state index contributed by atoms with van der Waals surface area (Å²) in [5.74, 6) is -3.26. The first-order valence-electron chi connectivity index (χ1n) is 11.2. The van der Waals surface area contributed by atoms with Crippen LogP contribution in [-0.4, -0.2) is 35.0 Å². The molecule has 34 heavy (non-hydrogen) atoms. The van der Waals surface area contributed by atoms with Gasteiger partial charge in [-0.1, -0.05) is 36.4 Å². The summed E-state index contributed by atoms with van der Waals surface area (Å²) in [5, 5.41) is 15.6. The van der Waals surface area contributed by atoms with E-state index in [1.807, 2.05) is 54.8 Å². The van der Waals surface area contributed by atoms with Crippen LogP contribution in [0.3, 0.4) is 0 Å². The zero-order valence-electron chi connectivity index (χ0n) is 18.5. The topological polar surface area (TPSA) is 95.9 Å². The molecule has 4 atom stereocenters. The fraction of sp³-hybridized carbons (Fsp3) is 0.269. The number of anilines is 1. The number of carboxylic acids is 1. The molecule has 8 heteroatoms. The number of hydrogen-bond donors (Lipinski definition) is 2. The van der Waals surface area contributed by atoms with Gasteiger partial charge in [0, 0.05) is 11.3 Å². The van der Waals surface area contributed by atoms with E-state index < -0.39 is 35.3 Å². The van der Waals surface area contributed by atoms with Gasteiger partial charge in [-0.3, -0.25) is 19.7 Å². The number of fused-ring (bicyclic) bond motifs is 1. The van der Waals surface area contributed by atoms with Gasteiger partial charge in [-0.25, -0.2) is 4.90 Å². The third kappa shape index (κ3) is 3.50. The van der Waals surface area contributed by atoms with E-state index >= 15 is 0 Å². The lowest BCUT2D eigenvalue weighted by molar-refractivity contribution is -0.148. The average Bonchev–Trinajstić information content (AvgIpc) is 3.53. The van der Waals surface area contributed by atoms with Crippen LogP contribution in [0.1, 0.15) is 23.4 Å². The van der Waals surface area contributed by atoms with Crippen molar-refractivity contribution >= 4 is 34.8 Å². The Kier molecular flexibility index (Phi) is 5.71. The molecule has 2 N–H and O–H groups in total. The third-order valence-electron chi connectivity index (χ3n) is 6.62. The van der Waals surface area contributed by atoms with E-state index in [1.54, 1.807) is 24.3 Å². The fourth-order valence-electron chi connectivity index (χ4n) is 5.18. The van der Waals surface area contributed by atoms with Crippen LogP contribution in [-0.2, 0) is 20.8 Å². The molecule has 2 aliphatic heterocycles. The monoisotopic (exact) mass is 476 g/mol. The van der Waals surface area contributed by atoms with Crippen LogP contribution in [0, 0.1) is 11.8 Å². The lowest BCUT2D eigenvalue weighted by Gasteiger charge is -2.31. The van der Waals surface area contributed by atoms with Gasteiger partial charge in [-0.2, -0.15) is 0 Å². The first-order chi connectivity index (χ1) is 16.5. The van der Waals surface area contributed by atoms with Gasteiger partial charge in [-0.15, -0.1) is 11.3 Å². The number of nitrogens with one attached hydrogen (secondary N) is 1. The van der Waals surface area contributed by atoms with Crippen molar-refractivity contribution in [2.24, 2.45) is 11.8 Å². The Morgan fingerprint density at radius 1 is 1.06 bits per heavy atom. The van der Waals surface area contributed by atoms with Crippen LogP contribution < -0.4 is 15.0 Å². The molecule has 2 aliphatic rings. The first-order valence-corrected chi connectivity index (χ1v) is 12.0. The van der Waals surface area contributed by atoms with E-state index in [9.17, 15) is 19.5 Å². The Hall–Kier alpha value is -3.49. The highest BCUT2D eigenvalue weighted by atomic mass is 32.1. The molecule has 7 nitrogen and oxygen atoms in total. The largest absolute Gasteiger partial charge is 0.494 e. The normalized spacial score (nSPS) is 26.0. The van der Waals surface area contributed by atoms with Crippen LogP contribution in [0.15, 0.2) is 72.1 Å². The van der Waals surface area contributed by atoms with Crippen molar-refractivity contribution in [3.63, 3.8) is 0 Å². The zero-order valence-corrected chi connectivity index (χ0v) is 19.3. The third-order valence-corrected chi connectivity index (χ3v) is 7.57. The molecule has 3 aromatic rings. The number of rotatable bonds is 7. The molecule has 4 unspecified atom stereocenters. The average molecular weight is 477 g/mol. The summed E-state index contributed by atoms with van der Waals surface area (Å²) < 4.78 is 5.47. The van der Waals surface area contributed by atoms with Crippen molar-refractivity contribution < 1.29 is 24.2 Å². The quantitative estimate of drug-likeness (QED) is 0.506. The van der Waals surface area contributed by atoms with Crippen molar-refractivity contribution in [1.82, 2.24) is 5.32 Å². The maximum absolute atomic E-state index is 13.8. The number of benzene rings is 2. The van der Waals surface area contributed by atoms with Crippen molar-refractivity contribution in [2.45, 2.75) is 24.9 Å². The van der Waals surface area contributed by atoms with E-state index in [2.05, 4.69) is 5.32 Å². The Balaban J connectivity index is 1.60. The molecule has 174 valence electrons. The van der Waals surface area contributed by atoms with Gasteiger partial charge in [0.1, 0.15) is 11.3 Å². The Morgan fingerprint density at radius 3 is 2.41 bits per heavy atom. The summed E-state index contributed by atoms with van der Waals surface area (Å²) in [6.45, 7) is 2.37. The lowest BCUT2D eigenvalue weighted by Crippen LogP contribution is -2.57. The maximum atomic E-state index is 13.8. The summed E-state index contributed by atoms with van der Waals surface area (Å²) in [6, 6.07) is 19.1. The Morgan fingerprint density at radius 2 is 1.79 bits per heavy atom. The van der Waals surface area contributed by atoms with Crippen LogP contribution in [0.2, 0.25) is 0 Å². The van der Waals surface area contributed by atoms with Crippen molar-refractivity contribution in [3.8, 4) is 5.75 Å². The summed E-state index contributed by atoms with van der Waals surface area (Å²) in [4.78, 5) is 42.4. The predicted octanol–water partition coefficient (Wildman–Crippen LogP) is 3.66. The molecule has 2 amide bonds. The molecule has 2 aromatic carbocycles. The highest BCUT2D eigenvalue weighted by Gasteiger charge is 2.68. The molecule has 2 fully saturated rings. The molecule has 1 aromatic heterocycles. The van der Waals surface area contributed by atoms with E-state index in [-0.39, 0.29) is 12.3 Å². The molecule has 0 aliphatic carbocycles. The Bertz CT molecular complexity index is 1210. The number of aliphatic carboxylic acids is 1. The van der Waals surface area contributed by atoms with E-state index in [4.69, 9.17) is 4.74 Å². The van der Waals surface area contributed by atoms with Crippen LogP contribution in [0.4, 0.5) is 5.69 Å². The number of carbonyl (C=O) groups is 3. The van der Waals surface area contributed by atoms with Crippen LogP contribution in [0.5, 0.6) is 5.75 Å². The molecule has 0 bridgehead atoms. The standard InChI is InChI=1S/C26H24N2O5S/c1-2-33-18-12-10-17(11-13-18)28-23(29)20-21(24(28)30)26(25(31)32,15-16-7-4-3-5-8-16)27-22(20)19-9-6-14-34-19/h3-14,20-22,27H,2,15H2,1H3,(H,31,32). The lowest BCUT2D eigenvalue weighted by atomic mass is 9.76. The number of carboxylic acid groups (broad SMARTS) is 1. The van der Waals surface area contributed by atoms with E-state index in [1.165, 1.54) is 11.3 Å². The van der Waals surface area contributed by atoms with Crippen molar-refractivity contribution in [3.05, 3.63) is 82.6 Å². The number of ether oxygens (including phenoxy) is 1. The summed E-state index contributed by atoms with van der Waals surface area (Å²) in [5.41, 5.74) is -0.424.